The van der Waals surface area contributed by atoms with E-state index in [0.29, 0.717) is 17.7 Å². The lowest BCUT2D eigenvalue weighted by Crippen LogP contribution is -2.26. The molecule has 0 spiro atoms. The van der Waals surface area contributed by atoms with Crippen LogP contribution in [0.5, 0.6) is 0 Å². The zero-order valence-corrected chi connectivity index (χ0v) is 12.4. The first-order chi connectivity index (χ1) is 9.97. The second-order valence-electron chi connectivity index (χ2n) is 4.74. The quantitative estimate of drug-likeness (QED) is 0.883. The molecule has 1 amide bonds. The van der Waals surface area contributed by atoms with Gasteiger partial charge < -0.3 is 10.6 Å². The van der Waals surface area contributed by atoms with Crippen molar-refractivity contribution < 1.29 is 9.18 Å². The molecule has 0 aliphatic rings. The third-order valence-corrected chi connectivity index (χ3v) is 3.29. The van der Waals surface area contributed by atoms with E-state index in [2.05, 4.69) is 0 Å². The molecule has 108 valence electrons. The molecule has 5 heteroatoms. The Labute approximate surface area is 128 Å². The Hall–Kier alpha value is -2.27. The average molecular weight is 302 g/mol. The van der Waals surface area contributed by atoms with Gasteiger partial charge in [0.2, 0.25) is 0 Å². The number of amides is 1. The molecule has 0 unspecified atom stereocenters. The van der Waals surface area contributed by atoms with Crippen molar-refractivity contribution in [2.24, 2.45) is 5.73 Å². The number of carbonyl (C=O) groups is 1. The van der Waals surface area contributed by atoms with E-state index >= 15 is 0 Å². The maximum absolute atomic E-state index is 13.2. The van der Waals surface area contributed by atoms with Gasteiger partial charge in [-0.3, -0.25) is 4.79 Å². The highest BCUT2D eigenvalue weighted by Gasteiger charge is 2.13. The van der Waals surface area contributed by atoms with E-state index < -0.39 is 0 Å². The fourth-order valence-electron chi connectivity index (χ4n) is 2.01. The standard InChI is InChI=1S/C16H15FN2OS/c1-19(10-11-4-2-7-14(17)8-11)16(20)13-6-3-5-12(9-13)15(18)21/h2-9H,10H2,1H3,(H2,18,21). The second kappa shape index (κ2) is 6.45. The molecule has 21 heavy (non-hydrogen) atoms. The Kier molecular flexibility index (Phi) is 4.65. The van der Waals surface area contributed by atoms with Crippen molar-refractivity contribution in [2.45, 2.75) is 6.54 Å². The normalized spacial score (nSPS) is 10.2. The summed E-state index contributed by atoms with van der Waals surface area (Å²) in [6.07, 6.45) is 0. The smallest absolute Gasteiger partial charge is 0.253 e. The van der Waals surface area contributed by atoms with E-state index in [-0.39, 0.29) is 16.7 Å². The summed E-state index contributed by atoms with van der Waals surface area (Å²) in [5, 5.41) is 0. The molecule has 0 aliphatic heterocycles. The van der Waals surface area contributed by atoms with Gasteiger partial charge in [0.05, 0.1) is 0 Å². The number of halogens is 1. The number of nitrogens with zero attached hydrogens (tertiary/aromatic N) is 1. The summed E-state index contributed by atoms with van der Waals surface area (Å²) in [6, 6.07) is 13.0. The lowest BCUT2D eigenvalue weighted by Gasteiger charge is -2.17. The van der Waals surface area contributed by atoms with Crippen molar-refractivity contribution in [3.05, 3.63) is 71.0 Å². The minimum Gasteiger partial charge on any atom is -0.389 e. The zero-order chi connectivity index (χ0) is 15.4. The van der Waals surface area contributed by atoms with Crippen LogP contribution in [0.3, 0.4) is 0 Å². The van der Waals surface area contributed by atoms with Crippen LogP contribution in [0.25, 0.3) is 0 Å². The van der Waals surface area contributed by atoms with E-state index in [1.54, 1.807) is 43.4 Å². The first-order valence-corrected chi connectivity index (χ1v) is 6.78. The Balaban J connectivity index is 2.15. The number of thiocarbonyl (C=S) groups is 1. The van der Waals surface area contributed by atoms with Gasteiger partial charge in [-0.15, -0.1) is 0 Å². The molecule has 0 heterocycles. The van der Waals surface area contributed by atoms with Crippen molar-refractivity contribution in [3.8, 4) is 0 Å². The van der Waals surface area contributed by atoms with Crippen LogP contribution in [0.4, 0.5) is 4.39 Å². The van der Waals surface area contributed by atoms with E-state index in [4.69, 9.17) is 18.0 Å². The van der Waals surface area contributed by atoms with E-state index in [9.17, 15) is 9.18 Å². The summed E-state index contributed by atoms with van der Waals surface area (Å²) < 4.78 is 13.2. The molecule has 0 aliphatic carbocycles. The third kappa shape index (κ3) is 3.86. The molecule has 2 aromatic carbocycles. The van der Waals surface area contributed by atoms with E-state index in [1.807, 2.05) is 0 Å². The minimum atomic E-state index is -0.316. The Morgan fingerprint density at radius 2 is 1.86 bits per heavy atom. The minimum absolute atomic E-state index is 0.169. The summed E-state index contributed by atoms with van der Waals surface area (Å²) in [5.41, 5.74) is 7.44. The van der Waals surface area contributed by atoms with Crippen molar-refractivity contribution in [1.29, 1.82) is 0 Å². The summed E-state index contributed by atoms with van der Waals surface area (Å²) in [6.45, 7) is 0.327. The number of nitrogens with two attached hydrogens (primary N) is 1. The van der Waals surface area contributed by atoms with Crippen molar-refractivity contribution in [3.63, 3.8) is 0 Å². The molecule has 0 fully saturated rings. The van der Waals surface area contributed by atoms with E-state index in [1.165, 1.54) is 17.0 Å². The number of carbonyl (C=O) groups excluding carboxylic acids is 1. The van der Waals surface area contributed by atoms with Crippen LogP contribution in [-0.2, 0) is 6.54 Å². The fourth-order valence-corrected chi connectivity index (χ4v) is 2.13. The van der Waals surface area contributed by atoms with Crippen LogP contribution in [-0.4, -0.2) is 22.8 Å². The fraction of sp³-hybridized carbons (Fsp3) is 0.125. The monoisotopic (exact) mass is 302 g/mol. The molecule has 0 saturated heterocycles. The number of benzene rings is 2. The van der Waals surface area contributed by atoms with Gasteiger partial charge in [-0.1, -0.05) is 36.5 Å². The van der Waals surface area contributed by atoms with Gasteiger partial charge >= 0.3 is 0 Å². The molecule has 3 nitrogen and oxygen atoms in total. The first-order valence-electron chi connectivity index (χ1n) is 6.37. The van der Waals surface area contributed by atoms with Crippen LogP contribution >= 0.6 is 12.2 Å². The molecule has 0 bridgehead atoms. The van der Waals surface area contributed by atoms with Crippen LogP contribution in [0.1, 0.15) is 21.5 Å². The molecular formula is C16H15FN2OS. The maximum atomic E-state index is 13.2. The highest BCUT2D eigenvalue weighted by Crippen LogP contribution is 2.11. The molecule has 0 saturated carbocycles. The average Bonchev–Trinajstić information content (AvgIpc) is 2.46. The number of hydrogen-bond donors (Lipinski definition) is 1. The van der Waals surface area contributed by atoms with Gasteiger partial charge in [-0.05, 0) is 29.8 Å². The molecule has 0 atom stereocenters. The highest BCUT2D eigenvalue weighted by molar-refractivity contribution is 7.80. The Morgan fingerprint density at radius 1 is 1.19 bits per heavy atom. The largest absolute Gasteiger partial charge is 0.389 e. The van der Waals surface area contributed by atoms with Gasteiger partial charge in [0.25, 0.3) is 5.91 Å². The van der Waals surface area contributed by atoms with Gasteiger partial charge in [0.1, 0.15) is 10.8 Å². The number of hydrogen-bond acceptors (Lipinski definition) is 2. The maximum Gasteiger partial charge on any atom is 0.253 e. The van der Waals surface area contributed by atoms with Crippen molar-refractivity contribution >= 4 is 23.1 Å². The molecule has 2 rings (SSSR count). The van der Waals surface area contributed by atoms with E-state index in [0.717, 1.165) is 5.56 Å². The molecule has 2 N–H and O–H groups in total. The molecule has 0 radical (unpaired) electrons. The van der Waals surface area contributed by atoms with Gasteiger partial charge in [0.15, 0.2) is 0 Å². The molecule has 0 aromatic heterocycles. The SMILES string of the molecule is CN(Cc1cccc(F)c1)C(=O)c1cccc(C(N)=S)c1. The summed E-state index contributed by atoms with van der Waals surface area (Å²) >= 11 is 4.90. The molecule has 2 aromatic rings. The van der Waals surface area contributed by atoms with Crippen LogP contribution in [0.15, 0.2) is 48.5 Å². The van der Waals surface area contributed by atoms with Crippen molar-refractivity contribution in [1.82, 2.24) is 4.90 Å². The van der Waals surface area contributed by atoms with Crippen LogP contribution < -0.4 is 5.73 Å². The van der Waals surface area contributed by atoms with Crippen LogP contribution in [0.2, 0.25) is 0 Å². The van der Waals surface area contributed by atoms with Crippen molar-refractivity contribution in [2.75, 3.05) is 7.05 Å². The third-order valence-electron chi connectivity index (χ3n) is 3.05. The second-order valence-corrected chi connectivity index (χ2v) is 5.18. The highest BCUT2D eigenvalue weighted by atomic mass is 32.1. The lowest BCUT2D eigenvalue weighted by molar-refractivity contribution is 0.0785. The first kappa shape index (κ1) is 15.1. The van der Waals surface area contributed by atoms with Crippen LogP contribution in [0, 0.1) is 5.82 Å². The zero-order valence-electron chi connectivity index (χ0n) is 11.5. The topological polar surface area (TPSA) is 46.3 Å². The summed E-state index contributed by atoms with van der Waals surface area (Å²) in [7, 11) is 1.67. The number of rotatable bonds is 4. The van der Waals surface area contributed by atoms with Gasteiger partial charge in [0, 0.05) is 24.7 Å². The Morgan fingerprint density at radius 3 is 2.52 bits per heavy atom. The predicted octanol–water partition coefficient (Wildman–Crippen LogP) is 2.73. The lowest BCUT2D eigenvalue weighted by atomic mass is 10.1. The van der Waals surface area contributed by atoms with Gasteiger partial charge in [-0.25, -0.2) is 4.39 Å². The van der Waals surface area contributed by atoms with Gasteiger partial charge in [-0.2, -0.15) is 0 Å². The summed E-state index contributed by atoms with van der Waals surface area (Å²) in [4.78, 5) is 14.1. The summed E-state index contributed by atoms with van der Waals surface area (Å²) in [5.74, 6) is -0.485. The predicted molar refractivity (Wildman–Crippen MR) is 84.5 cm³/mol. The Bertz CT molecular complexity index is 687. The molecular weight excluding hydrogens is 287 g/mol.